The number of aromatic nitrogens is 3. The lowest BCUT2D eigenvalue weighted by Crippen LogP contribution is -2.37. The van der Waals surface area contributed by atoms with E-state index < -0.39 is 5.60 Å². The maximum atomic E-state index is 10.8. The highest BCUT2D eigenvalue weighted by atomic mass is 16.3. The zero-order valence-corrected chi connectivity index (χ0v) is 14.3. The van der Waals surface area contributed by atoms with Gasteiger partial charge < -0.3 is 9.52 Å². The minimum absolute atomic E-state index is 0.469. The van der Waals surface area contributed by atoms with Gasteiger partial charge in [-0.2, -0.15) is 0 Å². The molecule has 6 heteroatoms. The predicted octanol–water partition coefficient (Wildman–Crippen LogP) is 2.48. The van der Waals surface area contributed by atoms with Gasteiger partial charge in [-0.15, -0.1) is 5.10 Å². The molecule has 1 N–H and O–H groups in total. The number of β-amino-alcohol motifs (C(OH)–C–C–N with tert-alkyl or cyclic N) is 1. The van der Waals surface area contributed by atoms with Crippen molar-refractivity contribution in [3.8, 4) is 11.3 Å². The number of furan rings is 1. The monoisotopic (exact) mass is 338 g/mol. The van der Waals surface area contributed by atoms with Gasteiger partial charge in [0.15, 0.2) is 0 Å². The first kappa shape index (κ1) is 16.1. The molecule has 1 saturated heterocycles. The van der Waals surface area contributed by atoms with Crippen LogP contribution in [0.5, 0.6) is 0 Å². The van der Waals surface area contributed by atoms with Crippen molar-refractivity contribution in [2.45, 2.75) is 32.0 Å². The average molecular weight is 338 g/mol. The highest BCUT2D eigenvalue weighted by molar-refractivity contribution is 5.57. The number of aliphatic hydroxyl groups is 1. The first-order valence-electron chi connectivity index (χ1n) is 8.54. The van der Waals surface area contributed by atoms with E-state index in [9.17, 15) is 5.11 Å². The summed E-state index contributed by atoms with van der Waals surface area (Å²) in [6, 6.07) is 12.3. The van der Waals surface area contributed by atoms with Crippen LogP contribution in [0.2, 0.25) is 0 Å². The van der Waals surface area contributed by atoms with E-state index in [2.05, 4.69) is 46.4 Å². The van der Waals surface area contributed by atoms with E-state index in [0.29, 0.717) is 19.6 Å². The zero-order valence-electron chi connectivity index (χ0n) is 14.3. The second kappa shape index (κ2) is 6.46. The molecule has 2 aromatic heterocycles. The van der Waals surface area contributed by atoms with Crippen molar-refractivity contribution in [3.05, 3.63) is 60.1 Å². The number of rotatable bonds is 5. The summed E-state index contributed by atoms with van der Waals surface area (Å²) in [6.45, 7) is 4.69. The van der Waals surface area contributed by atoms with Gasteiger partial charge in [0, 0.05) is 24.8 Å². The third-order valence-electron chi connectivity index (χ3n) is 4.72. The Morgan fingerprint density at radius 3 is 2.80 bits per heavy atom. The largest absolute Gasteiger partial charge is 0.460 e. The van der Waals surface area contributed by atoms with Crippen LogP contribution in [0.3, 0.4) is 0 Å². The molecule has 1 aliphatic rings. The number of likely N-dealkylation sites (tertiary alicyclic amines) is 1. The van der Waals surface area contributed by atoms with Gasteiger partial charge in [0.2, 0.25) is 0 Å². The molecule has 6 nitrogen and oxygen atoms in total. The molecular weight excluding hydrogens is 316 g/mol. The van der Waals surface area contributed by atoms with Crippen molar-refractivity contribution >= 4 is 0 Å². The van der Waals surface area contributed by atoms with Crippen LogP contribution in [0.4, 0.5) is 0 Å². The van der Waals surface area contributed by atoms with Crippen molar-refractivity contribution in [1.82, 2.24) is 19.9 Å². The average Bonchev–Trinajstić information content (AvgIpc) is 3.32. The van der Waals surface area contributed by atoms with Gasteiger partial charge in [-0.25, -0.2) is 4.68 Å². The molecule has 4 rings (SSSR count). The molecule has 0 saturated carbocycles. The topological polar surface area (TPSA) is 67.3 Å². The summed E-state index contributed by atoms with van der Waals surface area (Å²) >= 11 is 0. The minimum Gasteiger partial charge on any atom is -0.460 e. The molecule has 1 unspecified atom stereocenters. The van der Waals surface area contributed by atoms with Crippen LogP contribution < -0.4 is 0 Å². The second-order valence-electron chi connectivity index (χ2n) is 6.92. The Kier molecular flexibility index (Phi) is 4.15. The van der Waals surface area contributed by atoms with Gasteiger partial charge >= 0.3 is 0 Å². The number of hydrogen-bond donors (Lipinski definition) is 1. The molecule has 1 fully saturated rings. The Labute approximate surface area is 146 Å². The zero-order chi connectivity index (χ0) is 17.3. The third kappa shape index (κ3) is 3.65. The third-order valence-corrected chi connectivity index (χ3v) is 4.72. The molecule has 3 aromatic rings. The highest BCUT2D eigenvalue weighted by Gasteiger charge is 2.36. The highest BCUT2D eigenvalue weighted by Crippen LogP contribution is 2.27. The lowest BCUT2D eigenvalue weighted by Gasteiger charge is -2.22. The summed E-state index contributed by atoms with van der Waals surface area (Å²) < 4.78 is 7.68. The van der Waals surface area contributed by atoms with Gasteiger partial charge in [-0.3, -0.25) is 4.90 Å². The van der Waals surface area contributed by atoms with Crippen LogP contribution >= 0.6 is 0 Å². The van der Waals surface area contributed by atoms with Gasteiger partial charge in [-0.05, 0) is 25.5 Å². The quantitative estimate of drug-likeness (QED) is 0.774. The molecule has 0 aliphatic carbocycles. The van der Waals surface area contributed by atoms with Crippen molar-refractivity contribution in [2.24, 2.45) is 0 Å². The summed E-state index contributed by atoms with van der Waals surface area (Å²) in [5.41, 5.74) is 1.56. The van der Waals surface area contributed by atoms with Crippen molar-refractivity contribution in [3.63, 3.8) is 0 Å². The molecule has 3 heterocycles. The van der Waals surface area contributed by atoms with Crippen LogP contribution in [0.15, 0.2) is 53.2 Å². The van der Waals surface area contributed by atoms with E-state index >= 15 is 0 Å². The van der Waals surface area contributed by atoms with Crippen LogP contribution in [0.25, 0.3) is 11.3 Å². The number of aryl methyl sites for hydroxylation is 1. The molecule has 1 aliphatic heterocycles. The maximum absolute atomic E-state index is 10.8. The van der Waals surface area contributed by atoms with Crippen molar-refractivity contribution in [2.75, 3.05) is 13.1 Å². The lowest BCUT2D eigenvalue weighted by molar-refractivity contribution is 0.0269. The van der Waals surface area contributed by atoms with E-state index in [4.69, 9.17) is 4.42 Å². The predicted molar refractivity (Wildman–Crippen MR) is 93.7 cm³/mol. The first-order valence-corrected chi connectivity index (χ1v) is 8.54. The van der Waals surface area contributed by atoms with Crippen molar-refractivity contribution < 1.29 is 9.52 Å². The summed E-state index contributed by atoms with van der Waals surface area (Å²) in [7, 11) is 0. The molecule has 130 valence electrons. The molecular formula is C19H22N4O2. The first-order chi connectivity index (χ1) is 12.1. The molecule has 1 aromatic carbocycles. The van der Waals surface area contributed by atoms with Gasteiger partial charge in [-0.1, -0.05) is 35.0 Å². The van der Waals surface area contributed by atoms with E-state index in [1.165, 1.54) is 5.56 Å². The molecule has 0 spiro atoms. The summed E-state index contributed by atoms with van der Waals surface area (Å²) in [5.74, 6) is 1.80. The van der Waals surface area contributed by atoms with Crippen LogP contribution in [-0.2, 0) is 13.1 Å². The minimum atomic E-state index is -0.764. The molecule has 25 heavy (non-hydrogen) atoms. The lowest BCUT2D eigenvalue weighted by atomic mass is 10.0. The summed E-state index contributed by atoms with van der Waals surface area (Å²) in [6.07, 6.45) is 4.13. The Morgan fingerprint density at radius 2 is 2.04 bits per heavy atom. The fourth-order valence-electron chi connectivity index (χ4n) is 3.38. The van der Waals surface area contributed by atoms with E-state index in [0.717, 1.165) is 30.0 Å². The standard InChI is InChI=1S/C19H22N4O2/c1-15-2-4-16(5-3-15)18-7-6-17(25-18)12-22-10-8-19(24,13-22)14-23-11-9-20-21-23/h2-7,9,11,24H,8,10,12-14H2,1H3. The molecule has 1 atom stereocenters. The second-order valence-corrected chi connectivity index (χ2v) is 6.92. The number of benzene rings is 1. The normalized spacial score (nSPS) is 21.0. The number of nitrogens with zero attached hydrogens (tertiary/aromatic N) is 4. The summed E-state index contributed by atoms with van der Waals surface area (Å²) in [4.78, 5) is 2.22. The fraction of sp³-hybridized carbons (Fsp3) is 0.368. The molecule has 0 bridgehead atoms. The van der Waals surface area contributed by atoms with Gasteiger partial charge in [0.05, 0.1) is 24.9 Å². The van der Waals surface area contributed by atoms with Crippen LogP contribution in [0.1, 0.15) is 17.7 Å². The van der Waals surface area contributed by atoms with Gasteiger partial charge in [0.1, 0.15) is 11.5 Å². The fourth-order valence-corrected chi connectivity index (χ4v) is 3.38. The maximum Gasteiger partial charge on any atom is 0.134 e. The van der Waals surface area contributed by atoms with E-state index in [1.807, 2.05) is 12.1 Å². The molecule has 0 amide bonds. The SMILES string of the molecule is Cc1ccc(-c2ccc(CN3CCC(O)(Cn4ccnn4)C3)o2)cc1. The Hall–Kier alpha value is -2.44. The van der Waals surface area contributed by atoms with Gasteiger partial charge in [0.25, 0.3) is 0 Å². The van der Waals surface area contributed by atoms with E-state index in [1.54, 1.807) is 17.1 Å². The van der Waals surface area contributed by atoms with Crippen LogP contribution in [0, 0.1) is 6.92 Å². The summed E-state index contributed by atoms with van der Waals surface area (Å²) in [5, 5.41) is 18.5. The smallest absolute Gasteiger partial charge is 0.134 e. The number of hydrogen-bond acceptors (Lipinski definition) is 5. The van der Waals surface area contributed by atoms with Crippen molar-refractivity contribution in [1.29, 1.82) is 0 Å². The Morgan fingerprint density at radius 1 is 1.20 bits per heavy atom. The van der Waals surface area contributed by atoms with Crippen LogP contribution in [-0.4, -0.2) is 43.7 Å². The Bertz CT molecular complexity index is 825. The molecule has 0 radical (unpaired) electrons. The Balaban J connectivity index is 1.39. The van der Waals surface area contributed by atoms with E-state index in [-0.39, 0.29) is 0 Å².